The number of pyridine rings is 1. The second kappa shape index (κ2) is 6.63. The largest absolute Gasteiger partial charge is 0.357 e. The number of rotatable bonds is 4. The molecule has 0 aliphatic carbocycles. The van der Waals surface area contributed by atoms with E-state index in [2.05, 4.69) is 15.0 Å². The summed E-state index contributed by atoms with van der Waals surface area (Å²) in [6, 6.07) is 6.04. The number of carbonyl (C=O) groups is 1. The van der Waals surface area contributed by atoms with E-state index in [1.807, 2.05) is 34.0 Å². The van der Waals surface area contributed by atoms with Crippen LogP contribution in [0.2, 0.25) is 0 Å². The van der Waals surface area contributed by atoms with Gasteiger partial charge in [0.2, 0.25) is 0 Å². The third-order valence-corrected chi connectivity index (χ3v) is 5.02. The summed E-state index contributed by atoms with van der Waals surface area (Å²) >= 11 is 0. The van der Waals surface area contributed by atoms with Gasteiger partial charge in [-0.25, -0.2) is 4.98 Å². The van der Waals surface area contributed by atoms with Gasteiger partial charge in [0.05, 0.1) is 18.2 Å². The van der Waals surface area contributed by atoms with Crippen LogP contribution in [0.15, 0.2) is 36.8 Å². The number of nitrogens with zero attached hydrogens (tertiary/aromatic N) is 5. The molecule has 4 rings (SSSR count). The van der Waals surface area contributed by atoms with Crippen LogP contribution in [0.25, 0.3) is 0 Å². The Morgan fingerprint density at radius 1 is 1.17 bits per heavy atom. The lowest BCUT2D eigenvalue weighted by atomic mass is 10.2. The number of carbonyl (C=O) groups excluding carboxylic acids is 1. The highest BCUT2D eigenvalue weighted by molar-refractivity contribution is 5.94. The quantitative estimate of drug-likeness (QED) is 0.865. The van der Waals surface area contributed by atoms with Crippen molar-refractivity contribution in [3.05, 3.63) is 42.4 Å². The summed E-state index contributed by atoms with van der Waals surface area (Å²) < 4.78 is 1.91. The fourth-order valence-corrected chi connectivity index (χ4v) is 3.73. The molecule has 1 amide bonds. The van der Waals surface area contributed by atoms with Crippen molar-refractivity contribution in [1.82, 2.24) is 19.7 Å². The van der Waals surface area contributed by atoms with Crippen LogP contribution in [-0.2, 0) is 6.54 Å². The van der Waals surface area contributed by atoms with Crippen molar-refractivity contribution in [3.63, 3.8) is 0 Å². The zero-order valence-electron chi connectivity index (χ0n) is 13.8. The van der Waals surface area contributed by atoms with Crippen LogP contribution in [0.5, 0.6) is 0 Å². The first-order valence-corrected chi connectivity index (χ1v) is 8.81. The molecule has 2 aromatic heterocycles. The first-order chi connectivity index (χ1) is 11.8. The molecule has 6 heteroatoms. The highest BCUT2D eigenvalue weighted by atomic mass is 16.2. The van der Waals surface area contributed by atoms with E-state index in [1.165, 1.54) is 12.8 Å². The summed E-state index contributed by atoms with van der Waals surface area (Å²) in [4.78, 5) is 21.6. The van der Waals surface area contributed by atoms with Crippen molar-refractivity contribution in [3.8, 4) is 0 Å². The molecule has 4 heterocycles. The smallest absolute Gasteiger partial charge is 0.255 e. The van der Waals surface area contributed by atoms with Gasteiger partial charge >= 0.3 is 0 Å². The molecule has 0 aromatic carbocycles. The van der Waals surface area contributed by atoms with E-state index in [9.17, 15) is 4.79 Å². The maximum Gasteiger partial charge on any atom is 0.255 e. The third kappa shape index (κ3) is 3.00. The van der Waals surface area contributed by atoms with Crippen molar-refractivity contribution in [2.45, 2.75) is 38.3 Å². The van der Waals surface area contributed by atoms with Gasteiger partial charge in [-0.2, -0.15) is 5.10 Å². The van der Waals surface area contributed by atoms with Crippen molar-refractivity contribution >= 4 is 11.7 Å². The van der Waals surface area contributed by atoms with Gasteiger partial charge in [0.25, 0.3) is 5.91 Å². The molecule has 2 fully saturated rings. The van der Waals surface area contributed by atoms with Gasteiger partial charge in [0.1, 0.15) is 5.82 Å². The third-order valence-electron chi connectivity index (χ3n) is 5.02. The number of hydrogen-bond acceptors (Lipinski definition) is 4. The number of anilines is 1. The topological polar surface area (TPSA) is 54.3 Å². The maximum atomic E-state index is 12.9. The van der Waals surface area contributed by atoms with E-state index in [0.29, 0.717) is 5.56 Å². The van der Waals surface area contributed by atoms with E-state index in [1.54, 1.807) is 12.4 Å². The van der Waals surface area contributed by atoms with Crippen LogP contribution in [0.1, 0.15) is 36.0 Å². The number of likely N-dealkylation sites (tertiary alicyclic amines) is 1. The van der Waals surface area contributed by atoms with Gasteiger partial charge in [-0.3, -0.25) is 9.48 Å². The van der Waals surface area contributed by atoms with Crippen molar-refractivity contribution in [1.29, 1.82) is 0 Å². The first-order valence-electron chi connectivity index (χ1n) is 8.81. The van der Waals surface area contributed by atoms with Crippen molar-refractivity contribution in [2.24, 2.45) is 0 Å². The summed E-state index contributed by atoms with van der Waals surface area (Å²) in [6.45, 7) is 3.72. The van der Waals surface area contributed by atoms with Gasteiger partial charge in [0, 0.05) is 38.2 Å². The number of amides is 1. The minimum atomic E-state index is 0.0881. The Labute approximate surface area is 142 Å². The molecule has 0 radical (unpaired) electrons. The SMILES string of the molecule is O=C(c1ccc(N2CCCC2)nc1)N1CCC[C@@H]1Cn1cccn1. The monoisotopic (exact) mass is 325 g/mol. The Kier molecular flexibility index (Phi) is 4.19. The minimum Gasteiger partial charge on any atom is -0.357 e. The van der Waals surface area contributed by atoms with Gasteiger partial charge in [-0.05, 0) is 43.9 Å². The molecule has 2 aliphatic heterocycles. The molecule has 0 N–H and O–H groups in total. The zero-order chi connectivity index (χ0) is 16.4. The van der Waals surface area contributed by atoms with Gasteiger partial charge < -0.3 is 9.80 Å². The Morgan fingerprint density at radius 3 is 2.75 bits per heavy atom. The van der Waals surface area contributed by atoms with Crippen LogP contribution < -0.4 is 4.90 Å². The normalized spacial score (nSPS) is 20.8. The standard InChI is InChI=1S/C18H23N5O/c24-18(15-6-7-17(19-13-15)21-9-1-2-10-21)23-12-3-5-16(23)14-22-11-4-8-20-22/h4,6-8,11,13,16H,1-3,5,9-10,12,14H2/t16-/m1/s1. The van der Waals surface area contributed by atoms with Crippen LogP contribution in [0.3, 0.4) is 0 Å². The van der Waals surface area contributed by atoms with E-state index < -0.39 is 0 Å². The molecule has 2 saturated heterocycles. The van der Waals surface area contributed by atoms with Gasteiger partial charge in [0.15, 0.2) is 0 Å². The van der Waals surface area contributed by atoms with Gasteiger partial charge in [-0.1, -0.05) is 0 Å². The molecule has 6 nitrogen and oxygen atoms in total. The molecule has 2 aliphatic rings. The predicted octanol–water partition coefficient (Wildman–Crippen LogP) is 2.18. The minimum absolute atomic E-state index is 0.0881. The lowest BCUT2D eigenvalue weighted by Crippen LogP contribution is -2.38. The highest BCUT2D eigenvalue weighted by Gasteiger charge is 2.30. The van der Waals surface area contributed by atoms with Crippen LogP contribution in [0.4, 0.5) is 5.82 Å². The van der Waals surface area contributed by atoms with Gasteiger partial charge in [-0.15, -0.1) is 0 Å². The highest BCUT2D eigenvalue weighted by Crippen LogP contribution is 2.23. The lowest BCUT2D eigenvalue weighted by Gasteiger charge is -2.25. The molecular formula is C18H23N5O. The molecule has 2 aromatic rings. The Balaban J connectivity index is 1.45. The summed E-state index contributed by atoms with van der Waals surface area (Å²) in [5, 5.41) is 4.26. The molecule has 1 atom stereocenters. The average Bonchev–Trinajstić information content (AvgIpc) is 3.37. The van der Waals surface area contributed by atoms with E-state index in [0.717, 1.165) is 44.8 Å². The van der Waals surface area contributed by atoms with Crippen LogP contribution in [-0.4, -0.2) is 51.2 Å². The fourth-order valence-electron chi connectivity index (χ4n) is 3.73. The van der Waals surface area contributed by atoms with Crippen LogP contribution in [0, 0.1) is 0 Å². The molecule has 0 saturated carbocycles. The molecular weight excluding hydrogens is 302 g/mol. The lowest BCUT2D eigenvalue weighted by molar-refractivity contribution is 0.0721. The van der Waals surface area contributed by atoms with Crippen LogP contribution >= 0.6 is 0 Å². The van der Waals surface area contributed by atoms with E-state index in [4.69, 9.17) is 0 Å². The second-order valence-electron chi connectivity index (χ2n) is 6.62. The second-order valence-corrected chi connectivity index (χ2v) is 6.62. The Morgan fingerprint density at radius 2 is 2.04 bits per heavy atom. The fraction of sp³-hybridized carbons (Fsp3) is 0.500. The van der Waals surface area contributed by atoms with E-state index >= 15 is 0 Å². The molecule has 24 heavy (non-hydrogen) atoms. The molecule has 0 bridgehead atoms. The maximum absolute atomic E-state index is 12.9. The van der Waals surface area contributed by atoms with E-state index in [-0.39, 0.29) is 11.9 Å². The number of hydrogen-bond donors (Lipinski definition) is 0. The van der Waals surface area contributed by atoms with Crippen molar-refractivity contribution < 1.29 is 4.79 Å². The molecule has 0 spiro atoms. The van der Waals surface area contributed by atoms with Crippen molar-refractivity contribution in [2.75, 3.05) is 24.5 Å². The summed E-state index contributed by atoms with van der Waals surface area (Å²) in [5.74, 6) is 1.07. The summed E-state index contributed by atoms with van der Waals surface area (Å²) in [5.41, 5.74) is 0.685. The molecule has 126 valence electrons. The number of aromatic nitrogens is 3. The molecule has 0 unspecified atom stereocenters. The Bertz CT molecular complexity index is 676. The predicted molar refractivity (Wildman–Crippen MR) is 92.0 cm³/mol. The Hall–Kier alpha value is -2.37. The zero-order valence-corrected chi connectivity index (χ0v) is 13.8. The summed E-state index contributed by atoms with van der Waals surface area (Å²) in [7, 11) is 0. The summed E-state index contributed by atoms with van der Waals surface area (Å²) in [6.07, 6.45) is 10.0. The first kappa shape index (κ1) is 15.2. The average molecular weight is 325 g/mol.